The van der Waals surface area contributed by atoms with Crippen LogP contribution in [0, 0.1) is 6.92 Å². The molecule has 0 unspecified atom stereocenters. The van der Waals surface area contributed by atoms with Crippen LogP contribution in [-0.2, 0) is 6.42 Å². The van der Waals surface area contributed by atoms with Gasteiger partial charge in [-0.2, -0.15) is 0 Å². The van der Waals surface area contributed by atoms with Crippen LogP contribution in [0.5, 0.6) is 0 Å². The first-order valence-corrected chi connectivity index (χ1v) is 8.16. The zero-order valence-electron chi connectivity index (χ0n) is 14.1. The highest BCUT2D eigenvalue weighted by atomic mass is 35.5. The summed E-state index contributed by atoms with van der Waals surface area (Å²) in [6.45, 7) is 4.86. The third-order valence-electron chi connectivity index (χ3n) is 4.16. The lowest BCUT2D eigenvalue weighted by atomic mass is 10.1. The van der Waals surface area contributed by atoms with Gasteiger partial charge in [-0.25, -0.2) is 9.97 Å². The summed E-state index contributed by atoms with van der Waals surface area (Å²) in [7, 11) is 0. The lowest BCUT2D eigenvalue weighted by Gasteiger charge is -2.27. The van der Waals surface area contributed by atoms with E-state index in [0.29, 0.717) is 6.54 Å². The smallest absolute Gasteiger partial charge is 0.226 e. The van der Waals surface area contributed by atoms with Crippen LogP contribution < -0.4 is 10.6 Å². The van der Waals surface area contributed by atoms with Crippen molar-refractivity contribution in [1.82, 2.24) is 9.97 Å². The molecule has 2 heterocycles. The van der Waals surface area contributed by atoms with Crippen molar-refractivity contribution in [2.24, 2.45) is 5.73 Å². The third kappa shape index (κ3) is 5.07. The fourth-order valence-electron chi connectivity index (χ4n) is 2.94. The van der Waals surface area contributed by atoms with Gasteiger partial charge in [0.25, 0.3) is 0 Å². The molecule has 1 aromatic carbocycles. The molecule has 24 heavy (non-hydrogen) atoms. The molecule has 132 valence electrons. The Morgan fingerprint density at radius 3 is 2.29 bits per heavy atom. The Hall–Kier alpha value is -1.36. The van der Waals surface area contributed by atoms with Gasteiger partial charge in [-0.15, -0.1) is 24.8 Å². The van der Waals surface area contributed by atoms with Crippen LogP contribution in [0.4, 0.5) is 5.95 Å². The number of aryl methyl sites for hydroxylation is 1. The number of aromatic nitrogens is 2. The summed E-state index contributed by atoms with van der Waals surface area (Å²) in [5.41, 5.74) is 10.1. The van der Waals surface area contributed by atoms with Gasteiger partial charge in [0.15, 0.2) is 0 Å². The van der Waals surface area contributed by atoms with Crippen LogP contribution >= 0.6 is 24.8 Å². The molecule has 3 rings (SSSR count). The number of nitrogens with zero attached hydrogens (tertiary/aromatic N) is 3. The van der Waals surface area contributed by atoms with Crippen LogP contribution in [-0.4, -0.2) is 29.6 Å². The fourth-order valence-corrected chi connectivity index (χ4v) is 2.94. The maximum Gasteiger partial charge on any atom is 0.226 e. The van der Waals surface area contributed by atoms with Gasteiger partial charge in [0.2, 0.25) is 5.95 Å². The predicted molar refractivity (Wildman–Crippen MR) is 106 cm³/mol. The van der Waals surface area contributed by atoms with Crippen molar-refractivity contribution in [3.63, 3.8) is 0 Å². The summed E-state index contributed by atoms with van der Waals surface area (Å²) < 4.78 is 0. The zero-order chi connectivity index (χ0) is 15.4. The second-order valence-corrected chi connectivity index (χ2v) is 5.98. The van der Waals surface area contributed by atoms with E-state index in [9.17, 15) is 0 Å². The summed E-state index contributed by atoms with van der Waals surface area (Å²) in [5, 5.41) is 0. The monoisotopic (exact) mass is 368 g/mol. The molecular formula is C18H26Cl2N4. The van der Waals surface area contributed by atoms with Gasteiger partial charge in [-0.3, -0.25) is 0 Å². The number of piperidine rings is 1. The Labute approximate surface area is 156 Å². The third-order valence-corrected chi connectivity index (χ3v) is 4.16. The number of halogens is 2. The molecular weight excluding hydrogens is 343 g/mol. The van der Waals surface area contributed by atoms with Crippen LogP contribution in [0.2, 0.25) is 0 Å². The lowest BCUT2D eigenvalue weighted by molar-refractivity contribution is 0.568. The largest absolute Gasteiger partial charge is 0.341 e. The van der Waals surface area contributed by atoms with Crippen molar-refractivity contribution < 1.29 is 0 Å². The molecule has 0 saturated carbocycles. The highest BCUT2D eigenvalue weighted by Gasteiger charge is 2.15. The Morgan fingerprint density at radius 2 is 1.67 bits per heavy atom. The van der Waals surface area contributed by atoms with Crippen molar-refractivity contribution in [2.75, 3.05) is 24.5 Å². The average Bonchev–Trinajstić information content (AvgIpc) is 2.56. The predicted octanol–water partition coefficient (Wildman–Crippen LogP) is 3.79. The maximum atomic E-state index is 5.61. The number of benzene rings is 1. The van der Waals surface area contributed by atoms with Crippen LogP contribution in [0.3, 0.4) is 0 Å². The van der Waals surface area contributed by atoms with Gasteiger partial charge in [0, 0.05) is 24.3 Å². The van der Waals surface area contributed by atoms with Crippen molar-refractivity contribution >= 4 is 30.8 Å². The summed E-state index contributed by atoms with van der Waals surface area (Å²) >= 11 is 0. The fraction of sp³-hybridized carbons (Fsp3) is 0.444. The number of hydrogen-bond acceptors (Lipinski definition) is 4. The molecule has 0 atom stereocenters. The van der Waals surface area contributed by atoms with Crippen molar-refractivity contribution in [3.05, 3.63) is 41.6 Å². The molecule has 0 bridgehead atoms. The molecule has 1 aromatic heterocycles. The number of rotatable bonds is 4. The van der Waals surface area contributed by atoms with Gasteiger partial charge < -0.3 is 10.6 Å². The standard InChI is InChI=1S/C18H24N4.2ClH/c1-14-13-17(16-7-5-15(6-8-16)9-10-19)21-18(20-14)22-11-3-2-4-12-22;;/h5-8,13H,2-4,9-12,19H2,1H3;2*1H. The van der Waals surface area contributed by atoms with Gasteiger partial charge in [0.05, 0.1) is 5.69 Å². The first kappa shape index (κ1) is 20.7. The van der Waals surface area contributed by atoms with Crippen molar-refractivity contribution in [2.45, 2.75) is 32.6 Å². The maximum absolute atomic E-state index is 5.61. The number of hydrogen-bond donors (Lipinski definition) is 1. The van der Waals surface area contributed by atoms with Crippen LogP contribution in [0.15, 0.2) is 30.3 Å². The van der Waals surface area contributed by atoms with Crippen LogP contribution in [0.25, 0.3) is 11.3 Å². The Bertz CT molecular complexity index is 625. The molecule has 4 nitrogen and oxygen atoms in total. The molecule has 2 N–H and O–H groups in total. The Balaban J connectivity index is 0.00000144. The molecule has 1 fully saturated rings. The van der Waals surface area contributed by atoms with E-state index in [0.717, 1.165) is 42.4 Å². The quantitative estimate of drug-likeness (QED) is 0.891. The second-order valence-electron chi connectivity index (χ2n) is 5.98. The van der Waals surface area contributed by atoms with Gasteiger partial charge in [0.1, 0.15) is 0 Å². The topological polar surface area (TPSA) is 55.0 Å². The van der Waals surface area contributed by atoms with E-state index < -0.39 is 0 Å². The Morgan fingerprint density at radius 1 is 1.00 bits per heavy atom. The van der Waals surface area contributed by atoms with E-state index in [2.05, 4.69) is 40.2 Å². The minimum Gasteiger partial charge on any atom is -0.341 e. The lowest BCUT2D eigenvalue weighted by Crippen LogP contribution is -2.31. The summed E-state index contributed by atoms with van der Waals surface area (Å²) in [6, 6.07) is 10.6. The molecule has 0 spiro atoms. The molecule has 1 aliphatic heterocycles. The normalized spacial score (nSPS) is 13.8. The minimum atomic E-state index is 0. The van der Waals surface area contributed by atoms with Gasteiger partial charge in [-0.05, 0) is 50.8 Å². The summed E-state index contributed by atoms with van der Waals surface area (Å²) in [6.07, 6.45) is 4.71. The molecule has 0 amide bonds. The van der Waals surface area contributed by atoms with Gasteiger partial charge >= 0.3 is 0 Å². The first-order chi connectivity index (χ1) is 10.8. The molecule has 1 saturated heterocycles. The SMILES string of the molecule is Cc1cc(-c2ccc(CCN)cc2)nc(N2CCCCC2)n1.Cl.Cl. The summed E-state index contributed by atoms with van der Waals surface area (Å²) in [5.74, 6) is 0.876. The van der Waals surface area contributed by atoms with E-state index in [-0.39, 0.29) is 24.8 Å². The van der Waals surface area contributed by atoms with Crippen LogP contribution in [0.1, 0.15) is 30.5 Å². The van der Waals surface area contributed by atoms with E-state index in [1.807, 2.05) is 6.92 Å². The molecule has 2 aromatic rings. The molecule has 1 aliphatic rings. The molecule has 6 heteroatoms. The molecule has 0 aliphatic carbocycles. The first-order valence-electron chi connectivity index (χ1n) is 8.16. The second kappa shape index (κ2) is 9.82. The van der Waals surface area contributed by atoms with Crippen molar-refractivity contribution in [3.8, 4) is 11.3 Å². The van der Waals surface area contributed by atoms with Gasteiger partial charge in [-0.1, -0.05) is 24.3 Å². The highest BCUT2D eigenvalue weighted by molar-refractivity contribution is 5.85. The number of anilines is 1. The highest BCUT2D eigenvalue weighted by Crippen LogP contribution is 2.23. The minimum absolute atomic E-state index is 0. The average molecular weight is 369 g/mol. The molecule has 0 radical (unpaired) electrons. The Kier molecular flexibility index (Phi) is 8.46. The van der Waals surface area contributed by atoms with E-state index in [1.54, 1.807) is 0 Å². The van der Waals surface area contributed by atoms with Crippen molar-refractivity contribution in [1.29, 1.82) is 0 Å². The van der Waals surface area contributed by atoms with E-state index in [4.69, 9.17) is 10.7 Å². The zero-order valence-corrected chi connectivity index (χ0v) is 15.7. The van der Waals surface area contributed by atoms with E-state index >= 15 is 0 Å². The summed E-state index contributed by atoms with van der Waals surface area (Å²) in [4.78, 5) is 11.7. The van der Waals surface area contributed by atoms with E-state index in [1.165, 1.54) is 24.8 Å². The number of nitrogens with two attached hydrogens (primary N) is 1.